The number of amides is 3. The number of nitrogens with one attached hydrogen (secondary N) is 2. The van der Waals surface area contributed by atoms with Crippen LogP contribution >= 0.6 is 23.1 Å². The Hall–Kier alpha value is -5.08. The third-order valence-electron chi connectivity index (χ3n) is 8.27. The summed E-state index contributed by atoms with van der Waals surface area (Å²) >= 11 is 1.92. The van der Waals surface area contributed by atoms with Crippen LogP contribution in [0, 0.1) is 5.92 Å². The highest BCUT2D eigenvalue weighted by molar-refractivity contribution is 8.00. The number of hydrogen-bond donors (Lipinski definition) is 2. The number of rotatable bonds is 8. The van der Waals surface area contributed by atoms with E-state index in [0.717, 1.165) is 57.0 Å². The van der Waals surface area contributed by atoms with Gasteiger partial charge in [-0.1, -0.05) is 65.6 Å². The summed E-state index contributed by atoms with van der Waals surface area (Å²) < 4.78 is 52.3. The number of carbonyl (C=O) groups excluding carboxylic acids is 3. The summed E-state index contributed by atoms with van der Waals surface area (Å²) in [6.07, 6.45) is -4.67. The molecule has 0 spiro atoms. The average molecular weight is 706 g/mol. The molecule has 2 aliphatic heterocycles. The molecule has 3 amide bonds. The van der Waals surface area contributed by atoms with Crippen LogP contribution in [0.3, 0.4) is 0 Å². The van der Waals surface area contributed by atoms with Gasteiger partial charge < -0.3 is 19.8 Å². The van der Waals surface area contributed by atoms with Gasteiger partial charge in [0.2, 0.25) is 11.8 Å². The molecule has 0 saturated carbocycles. The fraction of sp³-hybridized carbons (Fsp3) is 0.200. The normalized spacial score (nSPS) is 18.7. The Labute approximate surface area is 285 Å². The highest BCUT2D eigenvalue weighted by Gasteiger charge is 2.56. The Morgan fingerprint density at radius 1 is 0.898 bits per heavy atom. The predicted molar refractivity (Wildman–Crippen MR) is 180 cm³/mol. The SMILES string of the molecule is CCOc1cc([C@H]2c3sc(=O)[nH]c3SC3C(=O)N(c4cccc(C(F)(F)F)c4)C(=O)C32)ccc1OCC(=O)Nc1ccc2ccccc2c1. The number of anilines is 2. The summed E-state index contributed by atoms with van der Waals surface area (Å²) in [5, 5.41) is 4.23. The highest BCUT2D eigenvalue weighted by atomic mass is 32.2. The van der Waals surface area contributed by atoms with E-state index in [0.29, 0.717) is 21.2 Å². The van der Waals surface area contributed by atoms with E-state index < -0.39 is 46.5 Å². The number of nitrogens with zero attached hydrogens (tertiary/aromatic N) is 1. The molecule has 7 rings (SSSR count). The molecule has 1 aromatic heterocycles. The average Bonchev–Trinajstić information content (AvgIpc) is 3.57. The Bertz CT molecular complexity index is 2180. The van der Waals surface area contributed by atoms with Crippen LogP contribution in [-0.4, -0.2) is 41.2 Å². The quantitative estimate of drug-likeness (QED) is 0.170. The lowest BCUT2D eigenvalue weighted by Crippen LogP contribution is -2.32. The Kier molecular flexibility index (Phi) is 8.45. The van der Waals surface area contributed by atoms with Crippen molar-refractivity contribution in [1.29, 1.82) is 0 Å². The van der Waals surface area contributed by atoms with E-state index in [2.05, 4.69) is 10.3 Å². The van der Waals surface area contributed by atoms with Crippen molar-refractivity contribution in [2.45, 2.75) is 29.3 Å². The summed E-state index contributed by atoms with van der Waals surface area (Å²) in [5.74, 6) is -3.07. The molecular formula is C35H26F3N3O6S2. The molecule has 2 unspecified atom stereocenters. The number of carbonyl (C=O) groups is 3. The number of thioether (sulfide) groups is 1. The second kappa shape index (κ2) is 12.7. The van der Waals surface area contributed by atoms with Gasteiger partial charge in [0.1, 0.15) is 5.25 Å². The fourth-order valence-corrected chi connectivity index (χ4v) is 8.68. The number of thiazole rings is 1. The topological polar surface area (TPSA) is 118 Å². The van der Waals surface area contributed by atoms with Crippen molar-refractivity contribution >= 4 is 63.0 Å². The molecule has 2 aliphatic rings. The third-order valence-corrected chi connectivity index (χ3v) is 10.7. The molecule has 3 heterocycles. The van der Waals surface area contributed by atoms with Crippen LogP contribution in [0.15, 0.2) is 94.7 Å². The van der Waals surface area contributed by atoms with Gasteiger partial charge in [0.15, 0.2) is 18.1 Å². The molecule has 1 fully saturated rings. The van der Waals surface area contributed by atoms with Crippen molar-refractivity contribution in [1.82, 2.24) is 4.98 Å². The lowest BCUT2D eigenvalue weighted by molar-refractivity contribution is -0.137. The van der Waals surface area contributed by atoms with Gasteiger partial charge in [-0.2, -0.15) is 13.2 Å². The number of benzene rings is 4. The van der Waals surface area contributed by atoms with Gasteiger partial charge in [-0.25, -0.2) is 4.90 Å². The number of ether oxygens (including phenoxy) is 2. The number of H-pyrrole nitrogens is 1. The van der Waals surface area contributed by atoms with Crippen LogP contribution in [0.5, 0.6) is 11.5 Å². The number of aromatic amines is 1. The molecular weight excluding hydrogens is 680 g/mol. The summed E-state index contributed by atoms with van der Waals surface area (Å²) in [6, 6.07) is 22.3. The smallest absolute Gasteiger partial charge is 0.416 e. The van der Waals surface area contributed by atoms with E-state index in [1.165, 1.54) is 6.07 Å². The molecule has 1 saturated heterocycles. The van der Waals surface area contributed by atoms with Crippen LogP contribution in [0.25, 0.3) is 10.8 Å². The first-order chi connectivity index (χ1) is 23.5. The highest BCUT2D eigenvalue weighted by Crippen LogP contribution is 2.54. The van der Waals surface area contributed by atoms with E-state index in [1.54, 1.807) is 31.2 Å². The van der Waals surface area contributed by atoms with E-state index in [4.69, 9.17) is 9.47 Å². The molecule has 2 N–H and O–H groups in total. The van der Waals surface area contributed by atoms with Crippen molar-refractivity contribution in [2.75, 3.05) is 23.4 Å². The maximum absolute atomic E-state index is 14.0. The van der Waals surface area contributed by atoms with Gasteiger partial charge in [-0.3, -0.25) is 19.2 Å². The maximum Gasteiger partial charge on any atom is 0.416 e. The Morgan fingerprint density at radius 2 is 1.69 bits per heavy atom. The molecule has 3 atom stereocenters. The Balaban J connectivity index is 1.17. The molecule has 4 aromatic carbocycles. The van der Waals surface area contributed by atoms with Crippen LogP contribution < -0.4 is 24.6 Å². The second-order valence-corrected chi connectivity index (χ2v) is 13.5. The van der Waals surface area contributed by atoms with Gasteiger partial charge in [-0.15, -0.1) is 0 Å². The number of alkyl halides is 3. The lowest BCUT2D eigenvalue weighted by Gasteiger charge is -2.30. The number of imide groups is 1. The first-order valence-corrected chi connectivity index (χ1v) is 16.8. The van der Waals surface area contributed by atoms with Crippen molar-refractivity contribution in [3.05, 3.63) is 111 Å². The summed E-state index contributed by atoms with van der Waals surface area (Å²) in [4.78, 5) is 56.7. The zero-order valence-electron chi connectivity index (χ0n) is 25.6. The summed E-state index contributed by atoms with van der Waals surface area (Å²) in [5.41, 5.74) is -0.0453. The number of fused-ring (bicyclic) bond motifs is 3. The van der Waals surface area contributed by atoms with Gasteiger partial charge in [0.05, 0.1) is 28.8 Å². The largest absolute Gasteiger partial charge is 0.490 e. The molecule has 5 aromatic rings. The first-order valence-electron chi connectivity index (χ1n) is 15.1. The monoisotopic (exact) mass is 705 g/mol. The molecule has 0 bridgehead atoms. The predicted octanol–water partition coefficient (Wildman–Crippen LogP) is 6.82. The van der Waals surface area contributed by atoms with E-state index >= 15 is 0 Å². The number of hydrogen-bond acceptors (Lipinski definition) is 8. The zero-order chi connectivity index (χ0) is 34.4. The Morgan fingerprint density at radius 3 is 2.47 bits per heavy atom. The minimum Gasteiger partial charge on any atom is -0.490 e. The standard InChI is InChI=1S/C35H26F3N3O6S2/c1-2-46-25-15-20(11-13-24(25)47-17-26(42)39-22-12-10-18-6-3-4-7-19(18)14-22)27-28-30(48-31-29(27)49-34(45)40-31)33(44)41(32(28)43)23-9-5-8-21(16-23)35(36,37)38/h3-16,27-28,30H,2,17H2,1H3,(H,39,42)(H,40,45)/t27-,28?,30?/m1/s1. The molecule has 0 aliphatic carbocycles. The van der Waals surface area contributed by atoms with Crippen LogP contribution in [0.2, 0.25) is 0 Å². The molecule has 9 nitrogen and oxygen atoms in total. The second-order valence-electron chi connectivity index (χ2n) is 11.3. The van der Waals surface area contributed by atoms with Crippen LogP contribution in [-0.2, 0) is 20.6 Å². The fourth-order valence-electron chi connectivity index (χ4n) is 6.17. The van der Waals surface area contributed by atoms with E-state index in [1.807, 2.05) is 36.4 Å². The summed E-state index contributed by atoms with van der Waals surface area (Å²) in [6.45, 7) is 1.66. The number of halogens is 3. The van der Waals surface area contributed by atoms with E-state index in [9.17, 15) is 32.3 Å². The lowest BCUT2D eigenvalue weighted by atomic mass is 9.83. The zero-order valence-corrected chi connectivity index (χ0v) is 27.2. The first kappa shape index (κ1) is 32.5. The van der Waals surface area contributed by atoms with E-state index in [-0.39, 0.29) is 35.3 Å². The van der Waals surface area contributed by atoms with Crippen molar-refractivity contribution in [3.63, 3.8) is 0 Å². The van der Waals surface area contributed by atoms with Crippen molar-refractivity contribution < 1.29 is 37.0 Å². The molecule has 250 valence electrons. The maximum atomic E-state index is 14.0. The summed E-state index contributed by atoms with van der Waals surface area (Å²) in [7, 11) is 0. The van der Waals surface area contributed by atoms with Crippen LogP contribution in [0.1, 0.15) is 28.8 Å². The van der Waals surface area contributed by atoms with Gasteiger partial charge in [0, 0.05) is 16.5 Å². The minimum atomic E-state index is -4.67. The van der Waals surface area contributed by atoms with Crippen molar-refractivity contribution in [3.8, 4) is 11.5 Å². The van der Waals surface area contributed by atoms with Gasteiger partial charge in [-0.05, 0) is 65.7 Å². The number of aromatic nitrogens is 1. The molecule has 0 radical (unpaired) electrons. The minimum absolute atomic E-state index is 0.184. The molecule has 49 heavy (non-hydrogen) atoms. The van der Waals surface area contributed by atoms with Gasteiger partial charge in [0.25, 0.3) is 5.91 Å². The van der Waals surface area contributed by atoms with Crippen LogP contribution in [0.4, 0.5) is 24.5 Å². The molecule has 14 heteroatoms. The van der Waals surface area contributed by atoms with Crippen molar-refractivity contribution in [2.24, 2.45) is 5.92 Å². The third kappa shape index (κ3) is 6.17. The van der Waals surface area contributed by atoms with Gasteiger partial charge >= 0.3 is 11.0 Å².